The van der Waals surface area contributed by atoms with E-state index in [1.54, 1.807) is 6.08 Å². The van der Waals surface area contributed by atoms with Crippen LogP contribution in [0.3, 0.4) is 0 Å². The highest BCUT2D eigenvalue weighted by Crippen LogP contribution is 2.35. The molecule has 48 valence electrons. The molecule has 0 spiro atoms. The lowest BCUT2D eigenvalue weighted by molar-refractivity contribution is 0.608. The van der Waals surface area contributed by atoms with E-state index < -0.39 is 9.84 Å². The summed E-state index contributed by atoms with van der Waals surface area (Å²) in [7, 11) is -2.89. The van der Waals surface area contributed by atoms with Crippen LogP contribution < -0.4 is 0 Å². The summed E-state index contributed by atoms with van der Waals surface area (Å²) < 4.78 is 21.8. The summed E-state index contributed by atoms with van der Waals surface area (Å²) in [5.41, 5.74) is 0.977. The number of hydrogen-bond donors (Lipinski definition) is 0. The van der Waals surface area contributed by atoms with Crippen LogP contribution in [0.25, 0.3) is 0 Å². The van der Waals surface area contributed by atoms with Crippen molar-refractivity contribution < 1.29 is 8.42 Å². The summed E-state index contributed by atoms with van der Waals surface area (Å²) in [6, 6.07) is 0. The van der Waals surface area contributed by atoms with Crippen molar-refractivity contribution in [1.29, 1.82) is 0 Å². The molecule has 0 radical (unpaired) electrons. The molecule has 0 aromatic rings. The van der Waals surface area contributed by atoms with E-state index >= 15 is 0 Å². The van der Waals surface area contributed by atoms with Gasteiger partial charge in [0, 0.05) is 10.3 Å². The zero-order valence-corrected chi connectivity index (χ0v) is 5.61. The molecule has 0 fully saturated rings. The Bertz CT molecular complexity index is 306. The molecule has 2 aliphatic rings. The Balaban J connectivity index is 2.74. The molecule has 0 N–H and O–H groups in total. The molecule has 2 bridgehead atoms. The zero-order chi connectivity index (χ0) is 6.48. The van der Waals surface area contributed by atoms with E-state index in [0.29, 0.717) is 4.91 Å². The first kappa shape index (κ1) is 5.23. The van der Waals surface area contributed by atoms with E-state index in [2.05, 4.69) is 0 Å². The van der Waals surface area contributed by atoms with Crippen LogP contribution in [0.15, 0.2) is 22.0 Å². The Morgan fingerprint density at radius 2 is 2.11 bits per heavy atom. The van der Waals surface area contributed by atoms with Crippen molar-refractivity contribution in [2.24, 2.45) is 0 Å². The van der Waals surface area contributed by atoms with Crippen molar-refractivity contribution in [2.75, 3.05) is 0 Å². The molecule has 1 aliphatic heterocycles. The van der Waals surface area contributed by atoms with Crippen LogP contribution in [0.4, 0.5) is 0 Å². The third-order valence-electron chi connectivity index (χ3n) is 1.68. The predicted octanol–water partition coefficient (Wildman–Crippen LogP) is 0.976. The lowest BCUT2D eigenvalue weighted by atomic mass is 10.3. The molecule has 0 atom stereocenters. The molecule has 0 aromatic carbocycles. The highest BCUT2D eigenvalue weighted by Gasteiger charge is 2.27. The van der Waals surface area contributed by atoms with Crippen LogP contribution in [0.1, 0.15) is 12.8 Å². The SMILES string of the molecule is O=S1(=O)C=C2C=C1CC2. The van der Waals surface area contributed by atoms with Crippen molar-refractivity contribution in [2.45, 2.75) is 12.8 Å². The molecule has 0 unspecified atom stereocenters. The monoisotopic (exact) mass is 142 g/mol. The summed E-state index contributed by atoms with van der Waals surface area (Å²) in [6.45, 7) is 0. The van der Waals surface area contributed by atoms with Crippen molar-refractivity contribution in [3.63, 3.8) is 0 Å². The molecular weight excluding hydrogens is 136 g/mol. The Morgan fingerprint density at radius 3 is 2.33 bits per heavy atom. The molecule has 2 rings (SSSR count). The van der Waals surface area contributed by atoms with Crippen LogP contribution in [-0.4, -0.2) is 8.42 Å². The van der Waals surface area contributed by atoms with E-state index in [0.717, 1.165) is 18.4 Å². The van der Waals surface area contributed by atoms with Gasteiger partial charge in [-0.25, -0.2) is 8.42 Å². The maximum absolute atomic E-state index is 10.9. The van der Waals surface area contributed by atoms with E-state index in [1.165, 1.54) is 5.41 Å². The zero-order valence-electron chi connectivity index (χ0n) is 4.79. The highest BCUT2D eigenvalue weighted by molar-refractivity contribution is 7.98. The van der Waals surface area contributed by atoms with Gasteiger partial charge in [0.05, 0.1) is 0 Å². The summed E-state index contributed by atoms with van der Waals surface area (Å²) in [5, 5.41) is 1.37. The number of allylic oxidation sites excluding steroid dienone is 3. The van der Waals surface area contributed by atoms with E-state index in [-0.39, 0.29) is 0 Å². The average molecular weight is 142 g/mol. The first-order chi connectivity index (χ1) is 4.18. The van der Waals surface area contributed by atoms with Gasteiger partial charge in [0.25, 0.3) is 0 Å². The Kier molecular flexibility index (Phi) is 0.750. The standard InChI is InChI=1S/C6H6O2S/c7-9(8)4-5-1-2-6(9)3-5/h3-4H,1-2H2. The minimum Gasteiger partial charge on any atom is -0.219 e. The van der Waals surface area contributed by atoms with E-state index in [9.17, 15) is 8.42 Å². The lowest BCUT2D eigenvalue weighted by Gasteiger charge is -1.99. The van der Waals surface area contributed by atoms with Crippen LogP contribution in [-0.2, 0) is 9.84 Å². The fourth-order valence-corrected chi connectivity index (χ4v) is 2.65. The smallest absolute Gasteiger partial charge is 0.196 e. The van der Waals surface area contributed by atoms with Gasteiger partial charge in [-0.15, -0.1) is 0 Å². The van der Waals surface area contributed by atoms with Gasteiger partial charge in [-0.3, -0.25) is 0 Å². The van der Waals surface area contributed by atoms with Gasteiger partial charge in [0.2, 0.25) is 0 Å². The molecule has 0 saturated carbocycles. The first-order valence-electron chi connectivity index (χ1n) is 2.85. The fraction of sp³-hybridized carbons (Fsp3) is 0.333. The summed E-state index contributed by atoms with van der Waals surface area (Å²) in [5.74, 6) is 0. The quantitative estimate of drug-likeness (QED) is 0.505. The number of fused-ring (bicyclic) bond motifs is 1. The van der Waals surface area contributed by atoms with Gasteiger partial charge in [-0.1, -0.05) is 0 Å². The third kappa shape index (κ3) is 0.580. The average Bonchev–Trinajstić information content (AvgIpc) is 2.19. The second kappa shape index (κ2) is 1.29. The van der Waals surface area contributed by atoms with Crippen LogP contribution in [0.5, 0.6) is 0 Å². The van der Waals surface area contributed by atoms with E-state index in [4.69, 9.17) is 0 Å². The van der Waals surface area contributed by atoms with Crippen molar-refractivity contribution >= 4 is 9.84 Å². The lowest BCUT2D eigenvalue weighted by Crippen LogP contribution is -1.97. The Morgan fingerprint density at radius 1 is 1.33 bits per heavy atom. The predicted molar refractivity (Wildman–Crippen MR) is 34.3 cm³/mol. The summed E-state index contributed by atoms with van der Waals surface area (Å²) in [4.78, 5) is 0.609. The van der Waals surface area contributed by atoms with Crippen molar-refractivity contribution in [3.8, 4) is 0 Å². The number of rotatable bonds is 0. The van der Waals surface area contributed by atoms with Crippen molar-refractivity contribution in [1.82, 2.24) is 0 Å². The fourth-order valence-electron chi connectivity index (χ4n) is 1.21. The second-order valence-electron chi connectivity index (χ2n) is 2.35. The minimum atomic E-state index is -2.89. The van der Waals surface area contributed by atoms with E-state index in [1.807, 2.05) is 0 Å². The molecule has 2 nitrogen and oxygen atoms in total. The number of hydrogen-bond acceptors (Lipinski definition) is 2. The Labute approximate surface area is 53.8 Å². The van der Waals surface area contributed by atoms with Gasteiger partial charge in [-0.05, 0) is 24.5 Å². The first-order valence-corrected chi connectivity index (χ1v) is 4.39. The highest BCUT2D eigenvalue weighted by atomic mass is 32.2. The largest absolute Gasteiger partial charge is 0.219 e. The maximum Gasteiger partial charge on any atom is 0.196 e. The summed E-state index contributed by atoms with van der Waals surface area (Å²) >= 11 is 0. The topological polar surface area (TPSA) is 34.1 Å². The normalized spacial score (nSPS) is 28.0. The molecular formula is C6H6O2S. The van der Waals surface area contributed by atoms with Crippen molar-refractivity contribution in [3.05, 3.63) is 22.0 Å². The van der Waals surface area contributed by atoms with Gasteiger partial charge >= 0.3 is 0 Å². The van der Waals surface area contributed by atoms with Gasteiger partial charge in [0.1, 0.15) is 0 Å². The molecule has 1 aliphatic carbocycles. The molecule has 0 aromatic heterocycles. The molecule has 0 saturated heterocycles. The molecule has 3 heteroatoms. The summed E-state index contributed by atoms with van der Waals surface area (Å²) in [6.07, 6.45) is 3.43. The van der Waals surface area contributed by atoms with Crippen LogP contribution >= 0.6 is 0 Å². The minimum absolute atomic E-state index is 0.609. The van der Waals surface area contributed by atoms with Gasteiger partial charge in [0.15, 0.2) is 9.84 Å². The molecule has 0 amide bonds. The third-order valence-corrected chi connectivity index (χ3v) is 3.34. The van der Waals surface area contributed by atoms with Gasteiger partial charge < -0.3 is 0 Å². The van der Waals surface area contributed by atoms with Crippen LogP contribution in [0, 0.1) is 0 Å². The van der Waals surface area contributed by atoms with Gasteiger partial charge in [-0.2, -0.15) is 0 Å². The number of sulfone groups is 1. The molecule has 1 heterocycles. The van der Waals surface area contributed by atoms with Crippen LogP contribution in [0.2, 0.25) is 0 Å². The maximum atomic E-state index is 10.9. The Hall–Kier alpha value is -0.570. The molecule has 9 heavy (non-hydrogen) atoms. The second-order valence-corrected chi connectivity index (χ2v) is 4.20.